The predicted molar refractivity (Wildman–Crippen MR) is 56.9 cm³/mol. The van der Waals surface area contributed by atoms with Crippen molar-refractivity contribution in [3.63, 3.8) is 0 Å². The van der Waals surface area contributed by atoms with Crippen LogP contribution >= 0.6 is 11.3 Å². The van der Waals surface area contributed by atoms with Crippen LogP contribution in [-0.4, -0.2) is 11.7 Å². The first-order valence-corrected chi connectivity index (χ1v) is 5.50. The fraction of sp³-hybridized carbons (Fsp3) is 0.600. The fourth-order valence-electron chi connectivity index (χ4n) is 1.47. The molecular weight excluding hydrogens is 182 g/mol. The molecule has 2 unspecified atom stereocenters. The van der Waals surface area contributed by atoms with E-state index in [2.05, 4.69) is 6.92 Å². The van der Waals surface area contributed by atoms with Crippen molar-refractivity contribution in [2.75, 3.05) is 6.54 Å². The van der Waals surface area contributed by atoms with Crippen LogP contribution in [0, 0.1) is 12.8 Å². The van der Waals surface area contributed by atoms with Crippen LogP contribution < -0.4 is 5.73 Å². The van der Waals surface area contributed by atoms with Crippen LogP contribution in [0.25, 0.3) is 0 Å². The highest BCUT2D eigenvalue weighted by molar-refractivity contribution is 7.10. The van der Waals surface area contributed by atoms with Crippen LogP contribution in [0.15, 0.2) is 11.4 Å². The van der Waals surface area contributed by atoms with Gasteiger partial charge in [0, 0.05) is 10.8 Å². The summed E-state index contributed by atoms with van der Waals surface area (Å²) < 4.78 is 0. The van der Waals surface area contributed by atoms with Crippen LogP contribution in [0.4, 0.5) is 0 Å². The molecule has 0 saturated carbocycles. The third kappa shape index (κ3) is 2.30. The van der Waals surface area contributed by atoms with Gasteiger partial charge in [-0.15, -0.1) is 11.3 Å². The minimum Gasteiger partial charge on any atom is -0.388 e. The summed E-state index contributed by atoms with van der Waals surface area (Å²) in [5, 5.41) is 12.0. The van der Waals surface area contributed by atoms with Gasteiger partial charge in [0.15, 0.2) is 0 Å². The van der Waals surface area contributed by atoms with Gasteiger partial charge < -0.3 is 10.8 Å². The summed E-state index contributed by atoms with van der Waals surface area (Å²) in [6, 6.07) is 1.99. The van der Waals surface area contributed by atoms with Crippen molar-refractivity contribution in [1.82, 2.24) is 0 Å². The minimum atomic E-state index is -0.388. The van der Waals surface area contributed by atoms with Gasteiger partial charge in [0.1, 0.15) is 0 Å². The maximum Gasteiger partial charge on any atom is 0.0840 e. The Bertz CT molecular complexity index is 255. The van der Waals surface area contributed by atoms with Crippen LogP contribution in [0.3, 0.4) is 0 Å². The van der Waals surface area contributed by atoms with Gasteiger partial charge in [0.2, 0.25) is 0 Å². The Balaban J connectivity index is 2.77. The molecule has 74 valence electrons. The van der Waals surface area contributed by atoms with E-state index in [-0.39, 0.29) is 12.0 Å². The van der Waals surface area contributed by atoms with Crippen molar-refractivity contribution < 1.29 is 5.11 Å². The lowest BCUT2D eigenvalue weighted by atomic mass is 9.94. The summed E-state index contributed by atoms with van der Waals surface area (Å²) in [4.78, 5) is 1.19. The number of aliphatic hydroxyl groups is 1. The average molecular weight is 199 g/mol. The lowest BCUT2D eigenvalue weighted by Crippen LogP contribution is -2.21. The molecule has 2 nitrogen and oxygen atoms in total. The van der Waals surface area contributed by atoms with E-state index in [0.717, 1.165) is 12.0 Å². The highest BCUT2D eigenvalue weighted by Gasteiger charge is 2.19. The third-order valence-electron chi connectivity index (χ3n) is 2.49. The van der Waals surface area contributed by atoms with E-state index < -0.39 is 0 Å². The topological polar surface area (TPSA) is 46.2 Å². The van der Waals surface area contributed by atoms with Gasteiger partial charge in [-0.25, -0.2) is 0 Å². The number of nitrogens with two attached hydrogens (primary N) is 1. The Hall–Kier alpha value is -0.380. The summed E-state index contributed by atoms with van der Waals surface area (Å²) in [7, 11) is 0. The maximum absolute atomic E-state index is 9.98. The summed E-state index contributed by atoms with van der Waals surface area (Å²) in [6.45, 7) is 4.64. The Morgan fingerprint density at radius 1 is 1.62 bits per heavy atom. The van der Waals surface area contributed by atoms with E-state index in [9.17, 15) is 5.11 Å². The molecule has 2 atom stereocenters. The molecule has 0 spiro atoms. The average Bonchev–Trinajstić information content (AvgIpc) is 2.53. The standard InChI is InChI=1S/C10H17NOS/c1-3-8(6-11)10(12)9-4-5-13-7(9)2/h4-5,8,10,12H,3,6,11H2,1-2H3. The highest BCUT2D eigenvalue weighted by atomic mass is 32.1. The maximum atomic E-state index is 9.98. The molecule has 0 amide bonds. The van der Waals surface area contributed by atoms with E-state index >= 15 is 0 Å². The number of hydrogen-bond donors (Lipinski definition) is 2. The third-order valence-corrected chi connectivity index (χ3v) is 3.35. The van der Waals surface area contributed by atoms with E-state index in [1.165, 1.54) is 4.88 Å². The largest absolute Gasteiger partial charge is 0.388 e. The second-order valence-corrected chi connectivity index (χ2v) is 4.40. The molecular formula is C10H17NOS. The summed E-state index contributed by atoms with van der Waals surface area (Å²) >= 11 is 1.67. The lowest BCUT2D eigenvalue weighted by molar-refractivity contribution is 0.110. The fourth-order valence-corrected chi connectivity index (χ4v) is 2.22. The second kappa shape index (κ2) is 4.74. The summed E-state index contributed by atoms with van der Waals surface area (Å²) in [6.07, 6.45) is 0.536. The van der Waals surface area contributed by atoms with Crippen LogP contribution in [-0.2, 0) is 0 Å². The van der Waals surface area contributed by atoms with Crippen LogP contribution in [0.5, 0.6) is 0 Å². The van der Waals surface area contributed by atoms with Crippen molar-refractivity contribution in [2.24, 2.45) is 11.7 Å². The first-order valence-electron chi connectivity index (χ1n) is 4.62. The Morgan fingerprint density at radius 3 is 2.69 bits per heavy atom. The molecule has 0 bridgehead atoms. The second-order valence-electron chi connectivity index (χ2n) is 3.28. The monoisotopic (exact) mass is 199 g/mol. The van der Waals surface area contributed by atoms with Gasteiger partial charge in [-0.2, -0.15) is 0 Å². The minimum absolute atomic E-state index is 0.188. The molecule has 0 aliphatic carbocycles. The summed E-state index contributed by atoms with van der Waals surface area (Å²) in [5.74, 6) is 0.188. The van der Waals surface area contributed by atoms with Gasteiger partial charge in [0.25, 0.3) is 0 Å². The number of rotatable bonds is 4. The van der Waals surface area contributed by atoms with E-state index in [1.54, 1.807) is 11.3 Å². The van der Waals surface area contributed by atoms with Gasteiger partial charge in [0.05, 0.1) is 6.10 Å². The normalized spacial score (nSPS) is 15.7. The molecule has 0 radical (unpaired) electrons. The Kier molecular flexibility index (Phi) is 3.90. The lowest BCUT2D eigenvalue weighted by Gasteiger charge is -2.19. The molecule has 0 aliphatic heterocycles. The molecule has 1 rings (SSSR count). The van der Waals surface area contributed by atoms with E-state index in [4.69, 9.17) is 5.73 Å². The molecule has 0 aliphatic rings. The number of hydrogen-bond acceptors (Lipinski definition) is 3. The zero-order valence-corrected chi connectivity index (χ0v) is 8.97. The van der Waals surface area contributed by atoms with Crippen LogP contribution in [0.2, 0.25) is 0 Å². The first kappa shape index (κ1) is 10.7. The van der Waals surface area contributed by atoms with E-state index in [0.29, 0.717) is 6.54 Å². The van der Waals surface area contributed by atoms with Gasteiger partial charge >= 0.3 is 0 Å². The molecule has 1 aromatic heterocycles. The van der Waals surface area contributed by atoms with Gasteiger partial charge in [-0.1, -0.05) is 6.92 Å². The predicted octanol–water partition coefficient (Wildman–Crippen LogP) is 2.07. The highest BCUT2D eigenvalue weighted by Crippen LogP contribution is 2.29. The zero-order valence-electron chi connectivity index (χ0n) is 8.16. The molecule has 1 heterocycles. The number of aliphatic hydroxyl groups excluding tert-OH is 1. The molecule has 0 fully saturated rings. The summed E-state index contributed by atoms with van der Waals surface area (Å²) in [5.41, 5.74) is 6.63. The van der Waals surface area contributed by atoms with Gasteiger partial charge in [-0.3, -0.25) is 0 Å². The van der Waals surface area contributed by atoms with Crippen molar-refractivity contribution in [1.29, 1.82) is 0 Å². The quantitative estimate of drug-likeness (QED) is 0.780. The molecule has 3 N–H and O–H groups in total. The molecule has 13 heavy (non-hydrogen) atoms. The SMILES string of the molecule is CCC(CN)C(O)c1ccsc1C. The first-order chi connectivity index (χ1) is 6.20. The Morgan fingerprint density at radius 2 is 2.31 bits per heavy atom. The number of thiophene rings is 1. The van der Waals surface area contributed by atoms with Crippen molar-refractivity contribution in [3.8, 4) is 0 Å². The van der Waals surface area contributed by atoms with Crippen molar-refractivity contribution in [2.45, 2.75) is 26.4 Å². The molecule has 3 heteroatoms. The van der Waals surface area contributed by atoms with Crippen molar-refractivity contribution >= 4 is 11.3 Å². The van der Waals surface area contributed by atoms with Gasteiger partial charge in [-0.05, 0) is 36.9 Å². The van der Waals surface area contributed by atoms with Crippen molar-refractivity contribution in [3.05, 3.63) is 21.9 Å². The number of aryl methyl sites for hydroxylation is 1. The zero-order chi connectivity index (χ0) is 9.84. The Labute approximate surface area is 83.4 Å². The van der Waals surface area contributed by atoms with Crippen LogP contribution in [0.1, 0.15) is 29.9 Å². The molecule has 0 aromatic carbocycles. The molecule has 1 aromatic rings. The van der Waals surface area contributed by atoms with E-state index in [1.807, 2.05) is 18.4 Å². The molecule has 0 saturated heterocycles. The smallest absolute Gasteiger partial charge is 0.0840 e.